The van der Waals surface area contributed by atoms with Crippen LogP contribution in [0.5, 0.6) is 0 Å². The Bertz CT molecular complexity index is 771. The zero-order chi connectivity index (χ0) is 18.9. The molecule has 0 saturated carbocycles. The maximum Gasteiger partial charge on any atom is 0.391 e. The second-order valence-corrected chi connectivity index (χ2v) is 7.38. The Morgan fingerprint density at radius 2 is 1.79 bits per heavy atom. The van der Waals surface area contributed by atoms with E-state index in [-0.39, 0.29) is 10.5 Å². The van der Waals surface area contributed by atoms with Crippen molar-refractivity contribution >= 4 is 21.7 Å². The van der Waals surface area contributed by atoms with Gasteiger partial charge >= 0.3 is 12.1 Å². The maximum absolute atomic E-state index is 12.4. The van der Waals surface area contributed by atoms with Gasteiger partial charge in [0, 0.05) is 11.8 Å². The average molecular weight is 367 g/mol. The minimum absolute atomic E-state index is 0.182. The Kier molecular flexibility index (Phi) is 5.65. The Balaban J connectivity index is 3.23. The molecular formula is C14H16F3NO5S. The SMILES string of the molecule is Cc1cc(S(C)(=O)=O)cc(C(=O)NC(CC(F)(F)F)C(=O)O)c1C. The number of hydrogen-bond acceptors (Lipinski definition) is 4. The average Bonchev–Trinajstić information content (AvgIpc) is 2.37. The van der Waals surface area contributed by atoms with Gasteiger partial charge in [-0.15, -0.1) is 0 Å². The predicted octanol–water partition coefficient (Wildman–Crippen LogP) is 1.84. The van der Waals surface area contributed by atoms with E-state index in [0.717, 1.165) is 12.3 Å². The molecule has 1 amide bonds. The van der Waals surface area contributed by atoms with Crippen molar-refractivity contribution < 1.29 is 36.3 Å². The lowest BCUT2D eigenvalue weighted by Crippen LogP contribution is -2.43. The fraction of sp³-hybridized carbons (Fsp3) is 0.429. The van der Waals surface area contributed by atoms with Gasteiger partial charge in [0.05, 0.1) is 11.3 Å². The molecule has 2 N–H and O–H groups in total. The summed E-state index contributed by atoms with van der Waals surface area (Å²) >= 11 is 0. The Hall–Kier alpha value is -2.10. The van der Waals surface area contributed by atoms with Gasteiger partial charge in [-0.3, -0.25) is 4.79 Å². The highest BCUT2D eigenvalue weighted by molar-refractivity contribution is 7.90. The first-order valence-corrected chi connectivity index (χ1v) is 8.53. The number of hydrogen-bond donors (Lipinski definition) is 2. The second-order valence-electron chi connectivity index (χ2n) is 5.37. The summed E-state index contributed by atoms with van der Waals surface area (Å²) in [4.78, 5) is 22.9. The number of aryl methyl sites for hydroxylation is 1. The summed E-state index contributed by atoms with van der Waals surface area (Å²) in [6, 6.07) is 0.171. The van der Waals surface area contributed by atoms with Crippen molar-refractivity contribution in [3.8, 4) is 0 Å². The summed E-state index contributed by atoms with van der Waals surface area (Å²) in [5.41, 5.74) is 0.589. The van der Waals surface area contributed by atoms with Crippen LogP contribution in [0.2, 0.25) is 0 Å². The van der Waals surface area contributed by atoms with Crippen molar-refractivity contribution in [1.82, 2.24) is 5.32 Å². The fourth-order valence-electron chi connectivity index (χ4n) is 1.94. The molecule has 0 radical (unpaired) electrons. The summed E-state index contributed by atoms with van der Waals surface area (Å²) in [5, 5.41) is 10.6. The standard InChI is InChI=1S/C14H16F3NO5S/c1-7-4-9(24(3,22)23)5-10(8(7)2)12(19)18-11(13(20)21)6-14(15,16)17/h4-5,11H,6H2,1-3H3,(H,18,19)(H,20,21). The first-order valence-electron chi connectivity index (χ1n) is 6.64. The topological polar surface area (TPSA) is 101 Å². The Labute approximate surface area is 136 Å². The summed E-state index contributed by atoms with van der Waals surface area (Å²) in [7, 11) is -3.65. The number of benzene rings is 1. The number of rotatable bonds is 5. The third kappa shape index (κ3) is 5.22. The lowest BCUT2D eigenvalue weighted by molar-refractivity contribution is -0.157. The first-order chi connectivity index (χ1) is 10.7. The van der Waals surface area contributed by atoms with E-state index in [0.29, 0.717) is 11.1 Å². The molecule has 0 aromatic heterocycles. The number of carbonyl (C=O) groups excluding carboxylic acids is 1. The number of nitrogens with one attached hydrogen (secondary N) is 1. The van der Waals surface area contributed by atoms with Crippen LogP contribution in [0.3, 0.4) is 0 Å². The molecule has 1 rings (SSSR count). The van der Waals surface area contributed by atoms with E-state index in [1.54, 1.807) is 5.32 Å². The Morgan fingerprint density at radius 1 is 1.25 bits per heavy atom. The van der Waals surface area contributed by atoms with Crippen molar-refractivity contribution in [3.05, 3.63) is 28.8 Å². The van der Waals surface area contributed by atoms with E-state index in [2.05, 4.69) is 0 Å². The fourth-order valence-corrected chi connectivity index (χ4v) is 2.67. The molecule has 6 nitrogen and oxygen atoms in total. The third-order valence-corrected chi connectivity index (χ3v) is 4.44. The van der Waals surface area contributed by atoms with Crippen molar-refractivity contribution in [2.75, 3.05) is 6.26 Å². The first kappa shape index (κ1) is 19.9. The van der Waals surface area contributed by atoms with Crippen molar-refractivity contribution in [1.29, 1.82) is 0 Å². The van der Waals surface area contributed by atoms with E-state index in [9.17, 15) is 31.2 Å². The van der Waals surface area contributed by atoms with E-state index in [4.69, 9.17) is 5.11 Å². The van der Waals surface area contributed by atoms with Gasteiger partial charge in [-0.1, -0.05) is 0 Å². The van der Waals surface area contributed by atoms with Crippen LogP contribution in [0.25, 0.3) is 0 Å². The highest BCUT2D eigenvalue weighted by Crippen LogP contribution is 2.23. The number of halogens is 3. The summed E-state index contributed by atoms with van der Waals surface area (Å²) in [6.07, 6.45) is -5.60. The van der Waals surface area contributed by atoms with Crippen LogP contribution >= 0.6 is 0 Å². The zero-order valence-electron chi connectivity index (χ0n) is 13.1. The van der Waals surface area contributed by atoms with Gasteiger partial charge in [-0.25, -0.2) is 13.2 Å². The minimum atomic E-state index is -4.78. The minimum Gasteiger partial charge on any atom is -0.480 e. The molecule has 10 heteroatoms. The summed E-state index contributed by atoms with van der Waals surface area (Å²) in [5.74, 6) is -2.92. The molecule has 1 atom stereocenters. The van der Waals surface area contributed by atoms with Crippen LogP contribution in [0.1, 0.15) is 27.9 Å². The van der Waals surface area contributed by atoms with Crippen LogP contribution in [0, 0.1) is 13.8 Å². The van der Waals surface area contributed by atoms with Crippen LogP contribution < -0.4 is 5.32 Å². The summed E-state index contributed by atoms with van der Waals surface area (Å²) < 4.78 is 60.4. The number of alkyl halides is 3. The highest BCUT2D eigenvalue weighted by atomic mass is 32.2. The molecular weight excluding hydrogens is 351 g/mol. The van der Waals surface area contributed by atoms with Crippen molar-refractivity contribution in [2.24, 2.45) is 0 Å². The number of carboxylic acid groups (broad SMARTS) is 1. The number of carboxylic acids is 1. The smallest absolute Gasteiger partial charge is 0.391 e. The third-order valence-electron chi connectivity index (χ3n) is 3.35. The van der Waals surface area contributed by atoms with Gasteiger partial charge in [-0.2, -0.15) is 13.2 Å². The van der Waals surface area contributed by atoms with Crippen LogP contribution in [0.15, 0.2) is 17.0 Å². The largest absolute Gasteiger partial charge is 0.480 e. The molecule has 1 aromatic rings. The Morgan fingerprint density at radius 3 is 2.21 bits per heavy atom. The molecule has 134 valence electrons. The molecule has 0 saturated heterocycles. The lowest BCUT2D eigenvalue weighted by Gasteiger charge is -2.18. The lowest BCUT2D eigenvalue weighted by atomic mass is 10.0. The number of sulfone groups is 1. The molecule has 1 unspecified atom stereocenters. The second kappa shape index (κ2) is 6.80. The van der Waals surface area contributed by atoms with Gasteiger partial charge in [-0.05, 0) is 37.1 Å². The van der Waals surface area contributed by atoms with Gasteiger partial charge in [0.15, 0.2) is 9.84 Å². The van der Waals surface area contributed by atoms with Crippen LogP contribution in [0.4, 0.5) is 13.2 Å². The molecule has 0 heterocycles. The van der Waals surface area contributed by atoms with E-state index in [1.165, 1.54) is 19.9 Å². The monoisotopic (exact) mass is 367 g/mol. The summed E-state index contributed by atoms with van der Waals surface area (Å²) in [6.45, 7) is 3.01. The van der Waals surface area contributed by atoms with Crippen molar-refractivity contribution in [3.63, 3.8) is 0 Å². The van der Waals surface area contributed by atoms with E-state index >= 15 is 0 Å². The number of aliphatic carboxylic acids is 1. The molecule has 0 fully saturated rings. The number of carbonyl (C=O) groups is 2. The van der Waals surface area contributed by atoms with Gasteiger partial charge in [0.2, 0.25) is 0 Å². The van der Waals surface area contributed by atoms with Crippen LogP contribution in [-0.4, -0.2) is 43.9 Å². The van der Waals surface area contributed by atoms with Gasteiger partial charge in [0.1, 0.15) is 6.04 Å². The highest BCUT2D eigenvalue weighted by Gasteiger charge is 2.36. The molecule has 24 heavy (non-hydrogen) atoms. The zero-order valence-corrected chi connectivity index (χ0v) is 13.9. The van der Waals surface area contributed by atoms with Gasteiger partial charge < -0.3 is 10.4 Å². The quantitative estimate of drug-likeness (QED) is 0.827. The molecule has 0 aliphatic heterocycles. The molecule has 0 spiro atoms. The molecule has 0 bridgehead atoms. The van der Waals surface area contributed by atoms with Crippen molar-refractivity contribution in [2.45, 2.75) is 37.4 Å². The predicted molar refractivity (Wildman–Crippen MR) is 78.6 cm³/mol. The van der Waals surface area contributed by atoms with E-state index < -0.39 is 40.4 Å². The van der Waals surface area contributed by atoms with Crippen LogP contribution in [-0.2, 0) is 14.6 Å². The molecule has 1 aromatic carbocycles. The molecule has 0 aliphatic carbocycles. The normalized spacial score (nSPS) is 13.4. The molecule has 0 aliphatic rings. The van der Waals surface area contributed by atoms with Gasteiger partial charge in [0.25, 0.3) is 5.91 Å². The van der Waals surface area contributed by atoms with E-state index in [1.807, 2.05) is 0 Å². The number of amides is 1. The maximum atomic E-state index is 12.4.